The van der Waals surface area contributed by atoms with Crippen LogP contribution >= 0.6 is 0 Å². The highest BCUT2D eigenvalue weighted by atomic mass is 16.5. The number of anilines is 1. The van der Waals surface area contributed by atoms with E-state index >= 15 is 0 Å². The van der Waals surface area contributed by atoms with Gasteiger partial charge in [-0.05, 0) is 36.8 Å². The standard InChI is InChI=1S/C19H19NO5/c1-2-3-11-25-19(24)13-7-6-8-14(12-13)20-17(21)15-9-4-5-10-16(15)18(22)23/h4-10,12H,2-3,11H2,1H3,(H,20,21)(H,22,23). The largest absolute Gasteiger partial charge is 0.478 e. The second-order valence-electron chi connectivity index (χ2n) is 5.38. The minimum Gasteiger partial charge on any atom is -0.478 e. The molecule has 6 nitrogen and oxygen atoms in total. The molecule has 0 fully saturated rings. The van der Waals surface area contributed by atoms with Crippen LogP contribution in [-0.2, 0) is 4.74 Å². The lowest BCUT2D eigenvalue weighted by molar-refractivity contribution is 0.0499. The number of hydrogen-bond donors (Lipinski definition) is 2. The van der Waals surface area contributed by atoms with Gasteiger partial charge in [-0.1, -0.05) is 31.5 Å². The molecule has 0 aliphatic rings. The summed E-state index contributed by atoms with van der Waals surface area (Å²) in [5, 5.41) is 11.8. The number of carbonyl (C=O) groups is 3. The van der Waals surface area contributed by atoms with Crippen molar-refractivity contribution in [1.82, 2.24) is 0 Å². The molecular weight excluding hydrogens is 322 g/mol. The summed E-state index contributed by atoms with van der Waals surface area (Å²) in [5.74, 6) is -2.20. The molecule has 25 heavy (non-hydrogen) atoms. The maximum Gasteiger partial charge on any atom is 0.338 e. The van der Waals surface area contributed by atoms with E-state index in [0.29, 0.717) is 17.9 Å². The number of benzene rings is 2. The fraction of sp³-hybridized carbons (Fsp3) is 0.211. The predicted molar refractivity (Wildman–Crippen MR) is 93.0 cm³/mol. The van der Waals surface area contributed by atoms with Crippen LogP contribution in [0.25, 0.3) is 0 Å². The summed E-state index contributed by atoms with van der Waals surface area (Å²) in [7, 11) is 0. The van der Waals surface area contributed by atoms with E-state index in [1.54, 1.807) is 30.3 Å². The molecule has 0 radical (unpaired) electrons. The van der Waals surface area contributed by atoms with Crippen molar-refractivity contribution in [2.24, 2.45) is 0 Å². The Morgan fingerprint density at radius 2 is 1.76 bits per heavy atom. The van der Waals surface area contributed by atoms with E-state index in [2.05, 4.69) is 5.32 Å². The van der Waals surface area contributed by atoms with E-state index in [9.17, 15) is 14.4 Å². The molecule has 0 spiro atoms. The number of rotatable bonds is 7. The SMILES string of the molecule is CCCCOC(=O)c1cccc(NC(=O)c2ccccc2C(=O)O)c1. The number of carbonyl (C=O) groups excluding carboxylic acids is 2. The highest BCUT2D eigenvalue weighted by Crippen LogP contribution is 2.15. The number of ether oxygens (including phenoxy) is 1. The summed E-state index contributed by atoms with van der Waals surface area (Å²) in [5.41, 5.74) is 0.664. The Balaban J connectivity index is 2.13. The molecule has 2 N–H and O–H groups in total. The van der Waals surface area contributed by atoms with Crippen molar-refractivity contribution >= 4 is 23.5 Å². The number of carboxylic acid groups (broad SMARTS) is 1. The highest BCUT2D eigenvalue weighted by Gasteiger charge is 2.16. The number of nitrogens with one attached hydrogen (secondary N) is 1. The fourth-order valence-electron chi connectivity index (χ4n) is 2.18. The van der Waals surface area contributed by atoms with Crippen LogP contribution in [0.5, 0.6) is 0 Å². The van der Waals surface area contributed by atoms with Crippen molar-refractivity contribution < 1.29 is 24.2 Å². The molecule has 0 saturated carbocycles. The van der Waals surface area contributed by atoms with Crippen LogP contribution in [-0.4, -0.2) is 29.6 Å². The quantitative estimate of drug-likeness (QED) is 0.593. The van der Waals surface area contributed by atoms with Gasteiger partial charge in [-0.25, -0.2) is 9.59 Å². The zero-order valence-corrected chi connectivity index (χ0v) is 13.8. The second kappa shape index (κ2) is 8.63. The Morgan fingerprint density at radius 1 is 1.04 bits per heavy atom. The van der Waals surface area contributed by atoms with Crippen LogP contribution in [0.4, 0.5) is 5.69 Å². The number of hydrogen-bond acceptors (Lipinski definition) is 4. The molecule has 0 bridgehead atoms. The Hall–Kier alpha value is -3.15. The number of amides is 1. The van der Waals surface area contributed by atoms with Gasteiger partial charge in [0.05, 0.1) is 23.3 Å². The van der Waals surface area contributed by atoms with Crippen molar-refractivity contribution in [3.8, 4) is 0 Å². The molecular formula is C19H19NO5. The highest BCUT2D eigenvalue weighted by molar-refractivity contribution is 6.10. The average Bonchev–Trinajstić information content (AvgIpc) is 2.62. The molecule has 2 aromatic carbocycles. The summed E-state index contributed by atoms with van der Waals surface area (Å²) < 4.78 is 5.13. The first-order chi connectivity index (χ1) is 12.0. The molecule has 130 valence electrons. The molecule has 6 heteroatoms. The van der Waals surface area contributed by atoms with Gasteiger partial charge in [-0.15, -0.1) is 0 Å². The van der Waals surface area contributed by atoms with Crippen LogP contribution in [0.2, 0.25) is 0 Å². The first-order valence-corrected chi connectivity index (χ1v) is 7.93. The average molecular weight is 341 g/mol. The molecule has 2 aromatic rings. The molecule has 0 aliphatic carbocycles. The first kappa shape index (κ1) is 18.2. The van der Waals surface area contributed by atoms with Gasteiger partial charge in [0.2, 0.25) is 0 Å². The maximum atomic E-state index is 12.3. The van der Waals surface area contributed by atoms with Crippen LogP contribution in [0.1, 0.15) is 50.8 Å². The summed E-state index contributed by atoms with van der Waals surface area (Å²) in [6.45, 7) is 2.34. The van der Waals surface area contributed by atoms with E-state index in [0.717, 1.165) is 12.8 Å². The van der Waals surface area contributed by atoms with Crippen LogP contribution in [0.15, 0.2) is 48.5 Å². The minimum atomic E-state index is -1.18. The monoisotopic (exact) mass is 341 g/mol. The van der Waals surface area contributed by atoms with E-state index in [1.165, 1.54) is 18.2 Å². The van der Waals surface area contributed by atoms with Crippen LogP contribution in [0, 0.1) is 0 Å². The fourth-order valence-corrected chi connectivity index (χ4v) is 2.18. The van der Waals surface area contributed by atoms with E-state index in [1.807, 2.05) is 6.92 Å². The molecule has 0 atom stereocenters. The van der Waals surface area contributed by atoms with Crippen molar-refractivity contribution in [3.63, 3.8) is 0 Å². The zero-order valence-electron chi connectivity index (χ0n) is 13.8. The topological polar surface area (TPSA) is 92.7 Å². The smallest absolute Gasteiger partial charge is 0.338 e. The lowest BCUT2D eigenvalue weighted by Gasteiger charge is -2.09. The third-order valence-corrected chi connectivity index (χ3v) is 3.49. The lowest BCUT2D eigenvalue weighted by atomic mass is 10.1. The Bertz CT molecular complexity index is 785. The summed E-state index contributed by atoms with van der Waals surface area (Å²) in [4.78, 5) is 35.5. The van der Waals surface area contributed by atoms with E-state index in [4.69, 9.17) is 9.84 Å². The van der Waals surface area contributed by atoms with Crippen molar-refractivity contribution in [3.05, 3.63) is 65.2 Å². The van der Waals surface area contributed by atoms with Gasteiger partial charge in [-0.2, -0.15) is 0 Å². The van der Waals surface area contributed by atoms with Gasteiger partial charge in [0.15, 0.2) is 0 Å². The third-order valence-electron chi connectivity index (χ3n) is 3.49. The summed E-state index contributed by atoms with van der Waals surface area (Å²) in [6.07, 6.45) is 1.71. The molecule has 2 rings (SSSR count). The van der Waals surface area contributed by atoms with Gasteiger partial charge in [0.1, 0.15) is 0 Å². The lowest BCUT2D eigenvalue weighted by Crippen LogP contribution is -2.16. The number of aromatic carboxylic acids is 1. The first-order valence-electron chi connectivity index (χ1n) is 7.93. The molecule has 0 aliphatic heterocycles. The number of esters is 1. The predicted octanol–water partition coefficient (Wildman–Crippen LogP) is 3.59. The van der Waals surface area contributed by atoms with Gasteiger partial charge in [-0.3, -0.25) is 4.79 Å². The number of unbranched alkanes of at least 4 members (excludes halogenated alkanes) is 1. The Kier molecular flexibility index (Phi) is 6.28. The van der Waals surface area contributed by atoms with Crippen LogP contribution in [0.3, 0.4) is 0 Å². The molecule has 0 unspecified atom stereocenters. The van der Waals surface area contributed by atoms with Crippen molar-refractivity contribution in [1.29, 1.82) is 0 Å². The van der Waals surface area contributed by atoms with Gasteiger partial charge < -0.3 is 15.2 Å². The summed E-state index contributed by atoms with van der Waals surface area (Å²) in [6, 6.07) is 12.3. The maximum absolute atomic E-state index is 12.3. The van der Waals surface area contributed by atoms with E-state index < -0.39 is 17.8 Å². The second-order valence-corrected chi connectivity index (χ2v) is 5.38. The minimum absolute atomic E-state index is 0.0472. The third kappa shape index (κ3) is 4.91. The van der Waals surface area contributed by atoms with E-state index in [-0.39, 0.29) is 11.1 Å². The Morgan fingerprint density at radius 3 is 2.44 bits per heavy atom. The molecule has 1 amide bonds. The normalized spacial score (nSPS) is 10.1. The zero-order chi connectivity index (χ0) is 18.2. The van der Waals surface area contributed by atoms with Crippen molar-refractivity contribution in [2.75, 3.05) is 11.9 Å². The van der Waals surface area contributed by atoms with Crippen LogP contribution < -0.4 is 5.32 Å². The number of carboxylic acids is 1. The summed E-state index contributed by atoms with van der Waals surface area (Å²) >= 11 is 0. The van der Waals surface area contributed by atoms with Gasteiger partial charge in [0, 0.05) is 5.69 Å². The van der Waals surface area contributed by atoms with Gasteiger partial charge >= 0.3 is 11.9 Å². The van der Waals surface area contributed by atoms with Crippen molar-refractivity contribution in [2.45, 2.75) is 19.8 Å². The Labute approximate surface area is 145 Å². The molecule has 0 aromatic heterocycles. The molecule has 0 saturated heterocycles. The molecule has 0 heterocycles. The van der Waals surface area contributed by atoms with Gasteiger partial charge in [0.25, 0.3) is 5.91 Å².